The van der Waals surface area contributed by atoms with E-state index in [9.17, 15) is 48.7 Å². The van der Waals surface area contributed by atoms with Gasteiger partial charge in [-0.2, -0.15) is 43.9 Å². The molecule has 0 rings (SSSR count). The second-order valence-corrected chi connectivity index (χ2v) is 5.92. The van der Waals surface area contributed by atoms with Crippen molar-refractivity contribution < 1.29 is 53.4 Å². The van der Waals surface area contributed by atoms with E-state index in [0.29, 0.717) is 6.42 Å². The molecular weight excluding hydrogens is 390 g/mol. The third-order valence-electron chi connectivity index (χ3n) is 4.15. The van der Waals surface area contributed by atoms with E-state index in [4.69, 9.17) is 0 Å². The molecule has 0 heterocycles. The van der Waals surface area contributed by atoms with Crippen LogP contribution in [0.4, 0.5) is 43.9 Å². The molecule has 0 saturated heterocycles. The summed E-state index contributed by atoms with van der Waals surface area (Å²) < 4.78 is 131. The summed E-state index contributed by atoms with van der Waals surface area (Å²) in [6.07, 6.45) is -14.8. The zero-order valence-electron chi connectivity index (χ0n) is 13.9. The molecule has 0 radical (unpaired) electrons. The smallest absolute Gasteiger partial charge is 0.453 e. The molecule has 0 aliphatic heterocycles. The van der Waals surface area contributed by atoms with Crippen LogP contribution in [0.2, 0.25) is 0 Å². The van der Waals surface area contributed by atoms with Crippen molar-refractivity contribution in [3.8, 4) is 0 Å². The van der Waals surface area contributed by atoms with Crippen LogP contribution in [0.15, 0.2) is 0 Å². The van der Waals surface area contributed by atoms with Gasteiger partial charge in [0.1, 0.15) is 5.92 Å². The highest BCUT2D eigenvalue weighted by molar-refractivity contribution is 5.72. The van der Waals surface area contributed by atoms with E-state index in [0.717, 1.165) is 0 Å². The molecule has 0 aromatic rings. The molecule has 26 heavy (non-hydrogen) atoms. The molecule has 12 heteroatoms. The largest absolute Gasteiger partial charge is 0.465 e. The van der Waals surface area contributed by atoms with Gasteiger partial charge in [-0.25, -0.2) is 0 Å². The van der Waals surface area contributed by atoms with E-state index in [1.54, 1.807) is 13.8 Å². The number of esters is 1. The monoisotopic (exact) mass is 408 g/mol. The molecule has 156 valence electrons. The van der Waals surface area contributed by atoms with Crippen LogP contribution in [0.1, 0.15) is 33.6 Å². The van der Waals surface area contributed by atoms with Gasteiger partial charge >= 0.3 is 30.2 Å². The molecule has 0 bridgehead atoms. The van der Waals surface area contributed by atoms with Crippen LogP contribution in [-0.2, 0) is 9.53 Å². The van der Waals surface area contributed by atoms with Crippen LogP contribution in [0.25, 0.3) is 0 Å². The normalized spacial score (nSPS) is 16.5. The van der Waals surface area contributed by atoms with E-state index in [1.807, 2.05) is 0 Å². The molecular formula is C14H18F10O2. The summed E-state index contributed by atoms with van der Waals surface area (Å²) >= 11 is 0. The van der Waals surface area contributed by atoms with Crippen molar-refractivity contribution >= 4 is 5.97 Å². The first-order valence-corrected chi connectivity index (χ1v) is 7.46. The topological polar surface area (TPSA) is 26.3 Å². The quantitative estimate of drug-likeness (QED) is 0.385. The van der Waals surface area contributed by atoms with Gasteiger partial charge in [0.25, 0.3) is 0 Å². The molecule has 0 amide bonds. The van der Waals surface area contributed by atoms with Crippen LogP contribution in [0, 0.1) is 17.8 Å². The Bertz CT molecular complexity index is 443. The van der Waals surface area contributed by atoms with Gasteiger partial charge in [0.2, 0.25) is 0 Å². The van der Waals surface area contributed by atoms with Crippen molar-refractivity contribution in [1.29, 1.82) is 0 Å². The lowest BCUT2D eigenvalue weighted by Crippen LogP contribution is -2.56. The van der Waals surface area contributed by atoms with Crippen LogP contribution < -0.4 is 0 Å². The highest BCUT2D eigenvalue weighted by atomic mass is 19.4. The molecule has 0 saturated carbocycles. The van der Waals surface area contributed by atoms with Gasteiger partial charge in [-0.05, 0) is 12.3 Å². The lowest BCUT2D eigenvalue weighted by Gasteiger charge is -2.35. The van der Waals surface area contributed by atoms with Crippen LogP contribution in [0.5, 0.6) is 0 Å². The molecule has 0 aliphatic carbocycles. The molecule has 0 aromatic heterocycles. The summed E-state index contributed by atoms with van der Waals surface area (Å²) in [4.78, 5) is 11.6. The maximum Gasteiger partial charge on any atom is 0.453 e. The second-order valence-electron chi connectivity index (χ2n) is 5.92. The molecule has 0 N–H and O–H groups in total. The number of hydrogen-bond acceptors (Lipinski definition) is 2. The fraction of sp³-hybridized carbons (Fsp3) is 0.929. The summed E-state index contributed by atoms with van der Waals surface area (Å²) in [5.74, 6) is -19.4. The highest BCUT2D eigenvalue weighted by Crippen LogP contribution is 2.53. The Labute approximate surface area is 142 Å². The Morgan fingerprint density at radius 3 is 1.54 bits per heavy atom. The molecule has 0 spiro atoms. The Morgan fingerprint density at radius 2 is 1.23 bits per heavy atom. The van der Waals surface area contributed by atoms with Gasteiger partial charge in [-0.3, -0.25) is 4.79 Å². The van der Waals surface area contributed by atoms with E-state index in [-0.39, 0.29) is 5.92 Å². The molecule has 0 aliphatic rings. The van der Waals surface area contributed by atoms with Gasteiger partial charge in [-0.15, -0.1) is 0 Å². The fourth-order valence-corrected chi connectivity index (χ4v) is 1.98. The first kappa shape index (κ1) is 24.8. The lowest BCUT2D eigenvalue weighted by atomic mass is 9.89. The van der Waals surface area contributed by atoms with Crippen molar-refractivity contribution in [2.75, 3.05) is 6.61 Å². The summed E-state index contributed by atoms with van der Waals surface area (Å²) in [6.45, 7) is 3.16. The maximum atomic E-state index is 13.2. The summed E-state index contributed by atoms with van der Waals surface area (Å²) in [6, 6.07) is 0. The number of alkyl halides is 10. The summed E-state index contributed by atoms with van der Waals surface area (Å²) in [5, 5.41) is 0. The Morgan fingerprint density at radius 1 is 0.846 bits per heavy atom. The Balaban J connectivity index is 5.40. The van der Waals surface area contributed by atoms with Crippen molar-refractivity contribution in [2.45, 2.75) is 57.8 Å². The third-order valence-corrected chi connectivity index (χ3v) is 4.15. The minimum atomic E-state index is -6.64. The van der Waals surface area contributed by atoms with Gasteiger partial charge in [0, 0.05) is 0 Å². The fourth-order valence-electron chi connectivity index (χ4n) is 1.98. The lowest BCUT2D eigenvalue weighted by molar-refractivity contribution is -0.374. The maximum absolute atomic E-state index is 13.2. The highest BCUT2D eigenvalue weighted by Gasteiger charge is 2.75. The number of rotatable bonds is 8. The molecule has 2 atom stereocenters. The zero-order valence-corrected chi connectivity index (χ0v) is 13.9. The van der Waals surface area contributed by atoms with Gasteiger partial charge in [0.05, 0.1) is 12.5 Å². The minimum absolute atomic E-state index is 0.286. The zero-order chi connectivity index (χ0) is 21.1. The van der Waals surface area contributed by atoms with E-state index in [1.165, 1.54) is 6.92 Å². The summed E-state index contributed by atoms with van der Waals surface area (Å²) in [5.41, 5.74) is 0. The summed E-state index contributed by atoms with van der Waals surface area (Å²) in [7, 11) is 0. The van der Waals surface area contributed by atoms with E-state index >= 15 is 0 Å². The second kappa shape index (κ2) is 8.20. The first-order chi connectivity index (χ1) is 11.4. The first-order valence-electron chi connectivity index (χ1n) is 7.46. The Kier molecular flexibility index (Phi) is 7.81. The van der Waals surface area contributed by atoms with Crippen molar-refractivity contribution in [2.24, 2.45) is 17.8 Å². The Hall–Kier alpha value is -1.23. The van der Waals surface area contributed by atoms with Gasteiger partial charge in [-0.1, -0.05) is 27.2 Å². The predicted molar refractivity (Wildman–Crippen MR) is 69.7 cm³/mol. The number of carbonyl (C=O) groups is 1. The minimum Gasteiger partial charge on any atom is -0.465 e. The SMILES string of the molecule is CCC(C)C(C)C(=O)OCCC(C(F)(F)C(F)(F)F)C(F)(F)C(F)(F)F. The van der Waals surface area contributed by atoms with Gasteiger partial charge in [0.15, 0.2) is 0 Å². The molecule has 0 fully saturated rings. The third kappa shape index (κ3) is 5.38. The number of halogens is 10. The molecule has 2 unspecified atom stereocenters. The van der Waals surface area contributed by atoms with Crippen molar-refractivity contribution in [3.05, 3.63) is 0 Å². The average Bonchev–Trinajstić information content (AvgIpc) is 2.46. The molecule has 2 nitrogen and oxygen atoms in total. The van der Waals surface area contributed by atoms with E-state index in [2.05, 4.69) is 4.74 Å². The number of carbonyl (C=O) groups excluding carboxylic acids is 1. The van der Waals surface area contributed by atoms with Crippen LogP contribution >= 0.6 is 0 Å². The van der Waals surface area contributed by atoms with Crippen molar-refractivity contribution in [1.82, 2.24) is 0 Å². The average molecular weight is 408 g/mol. The van der Waals surface area contributed by atoms with E-state index < -0.39 is 55.0 Å². The number of hydrogen-bond donors (Lipinski definition) is 0. The standard InChI is InChI=1S/C14H18F10O2/c1-4-7(2)8(3)10(25)26-6-5-9(11(15,16)13(19,20)21)12(17,18)14(22,23)24/h7-9H,4-6H2,1-3H3. The van der Waals surface area contributed by atoms with Crippen LogP contribution in [-0.4, -0.2) is 36.8 Å². The number of ether oxygens (including phenoxy) is 1. The molecule has 0 aromatic carbocycles. The van der Waals surface area contributed by atoms with Gasteiger partial charge < -0.3 is 4.74 Å². The van der Waals surface area contributed by atoms with Crippen LogP contribution in [0.3, 0.4) is 0 Å². The van der Waals surface area contributed by atoms with Crippen molar-refractivity contribution in [3.63, 3.8) is 0 Å². The predicted octanol–water partition coefficient (Wildman–Crippen LogP) is 5.61.